The number of benzene rings is 2. The Balaban J connectivity index is 1.35. The predicted molar refractivity (Wildman–Crippen MR) is 108 cm³/mol. The second kappa shape index (κ2) is 8.39. The zero-order chi connectivity index (χ0) is 20.2. The number of carbonyl (C=O) groups is 1. The Morgan fingerprint density at radius 3 is 2.79 bits per heavy atom. The fraction of sp³-hybridized carbons (Fsp3) is 0.304. The first kappa shape index (κ1) is 19.1. The second-order valence-corrected chi connectivity index (χ2v) is 7.21. The van der Waals surface area contributed by atoms with E-state index in [0.717, 1.165) is 22.6 Å². The molecule has 2 aromatic carbocycles. The number of amides is 1. The van der Waals surface area contributed by atoms with Crippen molar-refractivity contribution in [2.75, 3.05) is 13.7 Å². The van der Waals surface area contributed by atoms with Gasteiger partial charge in [-0.1, -0.05) is 36.4 Å². The minimum Gasteiger partial charge on any atom is -0.504 e. The van der Waals surface area contributed by atoms with Gasteiger partial charge in [-0.15, -0.1) is 0 Å². The van der Waals surface area contributed by atoms with Crippen LogP contribution in [-0.2, 0) is 30.6 Å². The zero-order valence-corrected chi connectivity index (χ0v) is 16.4. The summed E-state index contributed by atoms with van der Waals surface area (Å²) in [7, 11) is 1.51. The molecule has 150 valence electrons. The first-order valence-electron chi connectivity index (χ1n) is 9.77. The fourth-order valence-electron chi connectivity index (χ4n) is 3.61. The van der Waals surface area contributed by atoms with Gasteiger partial charge in [0.15, 0.2) is 17.4 Å². The van der Waals surface area contributed by atoms with Crippen LogP contribution >= 0.6 is 0 Å². The summed E-state index contributed by atoms with van der Waals surface area (Å²) in [5.74, 6) is 2.19. The summed E-state index contributed by atoms with van der Waals surface area (Å²) in [5, 5.41) is 9.88. The van der Waals surface area contributed by atoms with E-state index in [-0.39, 0.29) is 11.7 Å². The molecule has 2 heterocycles. The van der Waals surface area contributed by atoms with Crippen molar-refractivity contribution < 1.29 is 19.1 Å². The summed E-state index contributed by atoms with van der Waals surface area (Å²) >= 11 is 0. The van der Waals surface area contributed by atoms with Crippen LogP contribution in [0.25, 0.3) is 0 Å². The molecule has 1 aliphatic rings. The minimum absolute atomic E-state index is 0.0820. The van der Waals surface area contributed by atoms with Crippen LogP contribution in [0.5, 0.6) is 11.5 Å². The van der Waals surface area contributed by atoms with Crippen molar-refractivity contribution in [1.29, 1.82) is 0 Å². The Kier molecular flexibility index (Phi) is 5.51. The van der Waals surface area contributed by atoms with Gasteiger partial charge in [-0.3, -0.25) is 4.79 Å². The van der Waals surface area contributed by atoms with Crippen molar-refractivity contribution in [3.8, 4) is 11.5 Å². The normalized spacial score (nSPS) is 13.2. The summed E-state index contributed by atoms with van der Waals surface area (Å²) < 4.78 is 11.0. The van der Waals surface area contributed by atoms with Gasteiger partial charge in [0.25, 0.3) is 0 Å². The van der Waals surface area contributed by atoms with Crippen LogP contribution in [0.3, 0.4) is 0 Å². The molecule has 1 N–H and O–H groups in total. The molecule has 0 radical (unpaired) electrons. The highest BCUT2D eigenvalue weighted by Gasteiger charge is 2.25. The third-order valence-electron chi connectivity index (χ3n) is 5.19. The zero-order valence-electron chi connectivity index (χ0n) is 16.4. The van der Waals surface area contributed by atoms with Gasteiger partial charge in [-0.2, -0.15) is 0 Å². The molecule has 0 spiro atoms. The standard InChI is InChI=1S/C23H24N2O4/c1-28-21-9-7-17(13-19(21)26)8-10-23(27)25-12-11-20-18(15-25)24-22(29-20)14-16-5-3-2-4-6-16/h2-7,9,13,26H,8,10-12,14-15H2,1H3. The highest BCUT2D eigenvalue weighted by atomic mass is 16.5. The van der Waals surface area contributed by atoms with Crippen LogP contribution in [-0.4, -0.2) is 34.6 Å². The average Bonchev–Trinajstić information content (AvgIpc) is 3.14. The van der Waals surface area contributed by atoms with E-state index in [4.69, 9.17) is 9.15 Å². The van der Waals surface area contributed by atoms with Gasteiger partial charge in [-0.05, 0) is 29.7 Å². The van der Waals surface area contributed by atoms with Crippen LogP contribution in [0.15, 0.2) is 52.9 Å². The summed E-state index contributed by atoms with van der Waals surface area (Å²) in [6.07, 6.45) is 2.29. The van der Waals surface area contributed by atoms with E-state index in [1.54, 1.807) is 12.1 Å². The number of oxazole rings is 1. The van der Waals surface area contributed by atoms with Gasteiger partial charge < -0.3 is 19.2 Å². The molecule has 0 fully saturated rings. The molecule has 0 bridgehead atoms. The van der Waals surface area contributed by atoms with Crippen LogP contribution in [0, 0.1) is 0 Å². The van der Waals surface area contributed by atoms with Crippen LogP contribution in [0.2, 0.25) is 0 Å². The largest absolute Gasteiger partial charge is 0.504 e. The minimum atomic E-state index is 0.0820. The van der Waals surface area contributed by atoms with Gasteiger partial charge in [-0.25, -0.2) is 4.98 Å². The topological polar surface area (TPSA) is 75.8 Å². The number of aromatic hydroxyl groups is 1. The Labute approximate surface area is 169 Å². The maximum atomic E-state index is 12.7. The number of rotatable bonds is 6. The van der Waals surface area contributed by atoms with E-state index in [0.29, 0.717) is 50.4 Å². The lowest BCUT2D eigenvalue weighted by molar-refractivity contribution is -0.132. The number of aryl methyl sites for hydroxylation is 1. The number of hydrogen-bond donors (Lipinski definition) is 1. The van der Waals surface area contributed by atoms with Crippen molar-refractivity contribution in [3.05, 3.63) is 77.0 Å². The van der Waals surface area contributed by atoms with E-state index >= 15 is 0 Å². The highest BCUT2D eigenvalue weighted by Crippen LogP contribution is 2.27. The molecule has 3 aromatic rings. The number of methoxy groups -OCH3 is 1. The summed E-state index contributed by atoms with van der Waals surface area (Å²) in [5.41, 5.74) is 2.92. The van der Waals surface area contributed by atoms with Gasteiger partial charge in [0, 0.05) is 25.8 Å². The monoisotopic (exact) mass is 392 g/mol. The number of carbonyl (C=O) groups excluding carboxylic acids is 1. The predicted octanol–water partition coefficient (Wildman–Crippen LogP) is 3.50. The molecule has 1 amide bonds. The molecule has 6 heteroatoms. The number of ether oxygens (including phenoxy) is 1. The van der Waals surface area contributed by atoms with Gasteiger partial charge >= 0.3 is 0 Å². The van der Waals surface area contributed by atoms with Crippen LogP contribution in [0.1, 0.15) is 34.9 Å². The molecule has 6 nitrogen and oxygen atoms in total. The first-order valence-corrected chi connectivity index (χ1v) is 9.77. The maximum Gasteiger partial charge on any atom is 0.223 e. The van der Waals surface area contributed by atoms with Crippen molar-refractivity contribution in [2.45, 2.75) is 32.2 Å². The van der Waals surface area contributed by atoms with E-state index in [2.05, 4.69) is 17.1 Å². The SMILES string of the molecule is COc1ccc(CCC(=O)N2CCc3oc(Cc4ccccc4)nc3C2)cc1O. The third kappa shape index (κ3) is 4.42. The summed E-state index contributed by atoms with van der Waals surface area (Å²) in [6, 6.07) is 15.3. The maximum absolute atomic E-state index is 12.7. The molecule has 0 unspecified atom stereocenters. The molecule has 1 aromatic heterocycles. The molecule has 0 aliphatic carbocycles. The summed E-state index contributed by atoms with van der Waals surface area (Å²) in [4.78, 5) is 19.1. The lowest BCUT2D eigenvalue weighted by Gasteiger charge is -2.25. The Morgan fingerprint density at radius 2 is 2.03 bits per heavy atom. The molecule has 0 atom stereocenters. The number of phenols is 1. The van der Waals surface area contributed by atoms with Crippen LogP contribution < -0.4 is 4.74 Å². The smallest absolute Gasteiger partial charge is 0.223 e. The lowest BCUT2D eigenvalue weighted by atomic mass is 10.1. The fourth-order valence-corrected chi connectivity index (χ4v) is 3.61. The van der Waals surface area contributed by atoms with E-state index < -0.39 is 0 Å². The first-order chi connectivity index (χ1) is 14.1. The number of phenolic OH excluding ortho intramolecular Hbond substituents is 1. The molecular formula is C23H24N2O4. The highest BCUT2D eigenvalue weighted by molar-refractivity contribution is 5.76. The summed E-state index contributed by atoms with van der Waals surface area (Å²) in [6.45, 7) is 1.12. The van der Waals surface area contributed by atoms with Crippen molar-refractivity contribution in [2.24, 2.45) is 0 Å². The Morgan fingerprint density at radius 1 is 1.21 bits per heavy atom. The number of aromatic nitrogens is 1. The van der Waals surface area contributed by atoms with E-state index in [1.807, 2.05) is 29.2 Å². The average molecular weight is 392 g/mol. The molecule has 0 saturated heterocycles. The van der Waals surface area contributed by atoms with Crippen molar-refractivity contribution >= 4 is 5.91 Å². The number of nitrogens with zero attached hydrogens (tertiary/aromatic N) is 2. The second-order valence-electron chi connectivity index (χ2n) is 7.21. The quantitative estimate of drug-likeness (QED) is 0.695. The van der Waals surface area contributed by atoms with E-state index in [1.165, 1.54) is 7.11 Å². The molecule has 0 saturated carbocycles. The molecule has 4 rings (SSSR count). The lowest BCUT2D eigenvalue weighted by Crippen LogP contribution is -2.35. The number of fused-ring (bicyclic) bond motifs is 1. The molecule has 1 aliphatic heterocycles. The van der Waals surface area contributed by atoms with E-state index in [9.17, 15) is 9.90 Å². The third-order valence-corrected chi connectivity index (χ3v) is 5.19. The van der Waals surface area contributed by atoms with Gasteiger partial charge in [0.2, 0.25) is 5.91 Å². The Hall–Kier alpha value is -3.28. The molecular weight excluding hydrogens is 368 g/mol. The van der Waals surface area contributed by atoms with Crippen molar-refractivity contribution in [3.63, 3.8) is 0 Å². The van der Waals surface area contributed by atoms with Gasteiger partial charge in [0.1, 0.15) is 11.5 Å². The van der Waals surface area contributed by atoms with Crippen LogP contribution in [0.4, 0.5) is 0 Å². The Bertz CT molecular complexity index is 997. The number of hydrogen-bond acceptors (Lipinski definition) is 5. The molecule has 29 heavy (non-hydrogen) atoms. The van der Waals surface area contributed by atoms with Crippen molar-refractivity contribution in [1.82, 2.24) is 9.88 Å². The van der Waals surface area contributed by atoms with Gasteiger partial charge in [0.05, 0.1) is 13.7 Å².